The summed E-state index contributed by atoms with van der Waals surface area (Å²) in [6.45, 7) is 0.286. The Morgan fingerprint density at radius 3 is 2.18 bits per heavy atom. The third-order valence-corrected chi connectivity index (χ3v) is 5.56. The van der Waals surface area contributed by atoms with Crippen molar-refractivity contribution >= 4 is 5.78 Å². The van der Waals surface area contributed by atoms with E-state index in [1.807, 2.05) is 94.4 Å². The van der Waals surface area contributed by atoms with Gasteiger partial charge in [-0.2, -0.15) is 9.67 Å². The highest BCUT2D eigenvalue weighted by Gasteiger charge is 2.17. The van der Waals surface area contributed by atoms with Gasteiger partial charge in [0, 0.05) is 18.1 Å². The maximum atomic E-state index is 12.7. The highest BCUT2D eigenvalue weighted by Crippen LogP contribution is 2.24. The Kier molecular flexibility index (Phi) is 5.89. The lowest BCUT2D eigenvalue weighted by molar-refractivity contribution is -0.682. The zero-order valence-corrected chi connectivity index (χ0v) is 18.2. The molecule has 0 bridgehead atoms. The first-order valence-electron chi connectivity index (χ1n) is 11.0. The van der Waals surface area contributed by atoms with E-state index in [-0.39, 0.29) is 12.3 Å². The van der Waals surface area contributed by atoms with Crippen LogP contribution in [0, 0.1) is 0 Å². The molecule has 0 aliphatic carbocycles. The number of rotatable bonds is 7. The summed E-state index contributed by atoms with van der Waals surface area (Å²) in [7, 11) is 0. The predicted octanol–water partition coefficient (Wildman–Crippen LogP) is 5.30. The highest BCUT2D eigenvalue weighted by atomic mass is 16.1. The first-order valence-corrected chi connectivity index (χ1v) is 11.0. The smallest absolute Gasteiger partial charge is 0.227 e. The lowest BCUT2D eigenvalue weighted by atomic mass is 10.1. The Bertz CT molecular complexity index is 1360. The van der Waals surface area contributed by atoms with Crippen LogP contribution in [-0.2, 0) is 13.0 Å². The highest BCUT2D eigenvalue weighted by molar-refractivity contribution is 5.94. The van der Waals surface area contributed by atoms with Crippen LogP contribution < -0.4 is 4.57 Å². The summed E-state index contributed by atoms with van der Waals surface area (Å²) < 4.78 is 3.92. The van der Waals surface area contributed by atoms with Gasteiger partial charge in [-0.15, -0.1) is 0 Å². The topological polar surface area (TPSA) is 38.8 Å². The van der Waals surface area contributed by atoms with Crippen LogP contribution in [0.4, 0.5) is 0 Å². The average Bonchev–Trinajstić information content (AvgIpc) is 3.30. The van der Waals surface area contributed by atoms with Crippen molar-refractivity contribution in [2.75, 3.05) is 0 Å². The summed E-state index contributed by atoms with van der Waals surface area (Å²) in [5.74, 6) is 0.0825. The third-order valence-electron chi connectivity index (χ3n) is 5.56. The van der Waals surface area contributed by atoms with Crippen LogP contribution in [0.25, 0.3) is 16.9 Å². The number of nitrogens with zero attached hydrogens (tertiary/aromatic N) is 3. The van der Waals surface area contributed by atoms with Gasteiger partial charge in [-0.05, 0) is 29.8 Å². The molecule has 2 aromatic heterocycles. The monoisotopic (exact) mass is 430 g/mol. The van der Waals surface area contributed by atoms with E-state index in [2.05, 4.69) is 36.4 Å². The van der Waals surface area contributed by atoms with Gasteiger partial charge in [0.1, 0.15) is 0 Å². The first-order chi connectivity index (χ1) is 16.3. The van der Waals surface area contributed by atoms with Crippen molar-refractivity contribution in [3.05, 3.63) is 138 Å². The lowest BCUT2D eigenvalue weighted by Crippen LogP contribution is -2.37. The largest absolute Gasteiger partial charge is 0.287 e. The Labute approximate surface area is 193 Å². The molecule has 0 fully saturated rings. The molecule has 3 aromatic carbocycles. The molecule has 0 saturated carbocycles. The molecule has 5 rings (SSSR count). The van der Waals surface area contributed by atoms with E-state index in [0.29, 0.717) is 0 Å². The number of carbonyl (C=O) groups excluding carboxylic acids is 1. The zero-order valence-electron chi connectivity index (χ0n) is 18.2. The number of aromatic nitrogens is 3. The van der Waals surface area contributed by atoms with E-state index in [1.54, 1.807) is 0 Å². The summed E-state index contributed by atoms with van der Waals surface area (Å²) in [5, 5.41) is 4.93. The van der Waals surface area contributed by atoms with E-state index in [9.17, 15) is 4.79 Å². The molecule has 4 nitrogen and oxygen atoms in total. The molecule has 5 aromatic rings. The van der Waals surface area contributed by atoms with Crippen molar-refractivity contribution in [2.24, 2.45) is 0 Å². The minimum absolute atomic E-state index is 0.0825. The number of hydrogen-bond acceptors (Lipinski definition) is 2. The fourth-order valence-corrected chi connectivity index (χ4v) is 3.95. The second-order valence-electron chi connectivity index (χ2n) is 7.98. The minimum atomic E-state index is 0.0825. The van der Waals surface area contributed by atoms with Gasteiger partial charge >= 0.3 is 0 Å². The van der Waals surface area contributed by atoms with E-state index in [0.717, 1.165) is 34.6 Å². The number of ketones is 1. The molecule has 0 radical (unpaired) electrons. The standard InChI is InChI=1S/C29H24N3O/c33-29(24-13-6-2-7-14-24)22-31-18-10-15-25(21-31)28-20-26(19-23-11-4-1-5-12-23)30-32(28)27-16-8-3-9-17-27/h1-18,20-21H,19,22H2/q+1. The van der Waals surface area contributed by atoms with Crippen molar-refractivity contribution in [1.29, 1.82) is 0 Å². The normalized spacial score (nSPS) is 10.8. The van der Waals surface area contributed by atoms with Crippen LogP contribution >= 0.6 is 0 Å². The van der Waals surface area contributed by atoms with Crippen molar-refractivity contribution < 1.29 is 9.36 Å². The molecule has 33 heavy (non-hydrogen) atoms. The van der Waals surface area contributed by atoms with Crippen LogP contribution in [0.2, 0.25) is 0 Å². The summed E-state index contributed by atoms with van der Waals surface area (Å²) in [6, 6.07) is 36.1. The van der Waals surface area contributed by atoms with Crippen LogP contribution in [0.15, 0.2) is 122 Å². The number of pyridine rings is 1. The van der Waals surface area contributed by atoms with Crippen molar-refractivity contribution in [1.82, 2.24) is 9.78 Å². The molecular weight excluding hydrogens is 406 g/mol. The van der Waals surface area contributed by atoms with Crippen LogP contribution in [0.3, 0.4) is 0 Å². The second-order valence-corrected chi connectivity index (χ2v) is 7.98. The molecule has 2 heterocycles. The van der Waals surface area contributed by atoms with Gasteiger partial charge in [0.15, 0.2) is 12.4 Å². The van der Waals surface area contributed by atoms with Gasteiger partial charge in [0.2, 0.25) is 12.3 Å². The summed E-state index contributed by atoms with van der Waals surface area (Å²) in [5.41, 5.74) is 5.94. The number of carbonyl (C=O) groups is 1. The Morgan fingerprint density at radius 2 is 1.45 bits per heavy atom. The first kappa shape index (κ1) is 20.6. The van der Waals surface area contributed by atoms with Gasteiger partial charge in [-0.3, -0.25) is 4.79 Å². The molecule has 0 N–H and O–H groups in total. The minimum Gasteiger partial charge on any atom is -0.287 e. The third kappa shape index (κ3) is 4.80. The second kappa shape index (κ2) is 9.45. The molecule has 0 aliphatic heterocycles. The molecule has 160 valence electrons. The molecule has 0 unspecified atom stereocenters. The molecule has 0 amide bonds. The number of hydrogen-bond donors (Lipinski definition) is 0. The van der Waals surface area contributed by atoms with Crippen LogP contribution in [0.5, 0.6) is 0 Å². The maximum absolute atomic E-state index is 12.7. The van der Waals surface area contributed by atoms with Gasteiger partial charge in [-0.25, -0.2) is 4.68 Å². The van der Waals surface area contributed by atoms with Gasteiger partial charge in [0.05, 0.1) is 22.6 Å². The molecule has 0 aliphatic rings. The average molecular weight is 431 g/mol. The Hall–Kier alpha value is -4.31. The maximum Gasteiger partial charge on any atom is 0.227 e. The molecule has 0 spiro atoms. The van der Waals surface area contributed by atoms with Gasteiger partial charge in [-0.1, -0.05) is 78.9 Å². The molecule has 4 heteroatoms. The van der Waals surface area contributed by atoms with E-state index in [4.69, 9.17) is 5.10 Å². The fourth-order valence-electron chi connectivity index (χ4n) is 3.95. The molecule has 0 saturated heterocycles. The Morgan fingerprint density at radius 1 is 0.788 bits per heavy atom. The number of para-hydroxylation sites is 1. The van der Waals surface area contributed by atoms with E-state index >= 15 is 0 Å². The van der Waals surface area contributed by atoms with E-state index < -0.39 is 0 Å². The van der Waals surface area contributed by atoms with Crippen molar-refractivity contribution in [3.8, 4) is 16.9 Å². The Balaban J connectivity index is 1.50. The summed E-state index contributed by atoms with van der Waals surface area (Å²) in [6.07, 6.45) is 4.70. The molecule has 0 atom stereocenters. The van der Waals surface area contributed by atoms with Crippen LogP contribution in [-0.4, -0.2) is 15.6 Å². The van der Waals surface area contributed by atoms with E-state index in [1.165, 1.54) is 5.56 Å². The van der Waals surface area contributed by atoms with Crippen molar-refractivity contribution in [2.45, 2.75) is 13.0 Å². The van der Waals surface area contributed by atoms with Crippen molar-refractivity contribution in [3.63, 3.8) is 0 Å². The fraction of sp³-hybridized carbons (Fsp3) is 0.0690. The van der Waals surface area contributed by atoms with Gasteiger partial charge in [0.25, 0.3) is 0 Å². The number of benzene rings is 3. The summed E-state index contributed by atoms with van der Waals surface area (Å²) in [4.78, 5) is 12.7. The molecular formula is C29H24N3O+. The number of Topliss-reactive ketones (excluding diaryl/α,β-unsaturated/α-hetero) is 1. The lowest BCUT2D eigenvalue weighted by Gasteiger charge is -2.07. The van der Waals surface area contributed by atoms with Gasteiger partial charge < -0.3 is 0 Å². The zero-order chi connectivity index (χ0) is 22.5. The predicted molar refractivity (Wildman–Crippen MR) is 129 cm³/mol. The quantitative estimate of drug-likeness (QED) is 0.260. The SMILES string of the molecule is O=C(C[n+]1cccc(-c2cc(Cc3ccccc3)nn2-c2ccccc2)c1)c1ccccc1. The van der Waals surface area contributed by atoms with Crippen LogP contribution in [0.1, 0.15) is 21.6 Å². The summed E-state index contributed by atoms with van der Waals surface area (Å²) >= 11 is 0.